The van der Waals surface area contributed by atoms with Crippen LogP contribution in [-0.4, -0.2) is 121 Å². The van der Waals surface area contributed by atoms with Crippen LogP contribution in [0.4, 0.5) is 0 Å². The second-order valence-electron chi connectivity index (χ2n) is 23.2. The monoisotopic (exact) mass is 841 g/mol. The summed E-state index contributed by atoms with van der Waals surface area (Å²) in [5, 5.41) is 33.9. The van der Waals surface area contributed by atoms with Crippen LogP contribution >= 0.6 is 0 Å². The number of fused-ring (bicyclic) bond motifs is 24. The molecule has 16 atom stereocenters. The quantitative estimate of drug-likeness (QED) is 0.177. The summed E-state index contributed by atoms with van der Waals surface area (Å²) in [4.78, 5) is 0. The lowest BCUT2D eigenvalue weighted by Crippen LogP contribution is -2.61. The molecule has 0 aromatic heterocycles. The molecule has 13 fully saturated rings. The van der Waals surface area contributed by atoms with E-state index in [4.69, 9.17) is 37.9 Å². The van der Waals surface area contributed by atoms with Crippen molar-refractivity contribution in [3.63, 3.8) is 0 Å². The first-order valence-electron chi connectivity index (χ1n) is 24.0. The van der Waals surface area contributed by atoms with Crippen molar-refractivity contribution in [2.45, 2.75) is 228 Å². The van der Waals surface area contributed by atoms with Gasteiger partial charge in [0.05, 0.1) is 98.2 Å². The molecule has 4 saturated carbocycles. The van der Waals surface area contributed by atoms with Crippen molar-refractivity contribution in [2.75, 3.05) is 0 Å². The van der Waals surface area contributed by atoms with E-state index in [0.717, 1.165) is 51.4 Å². The molecule has 60 heavy (non-hydrogen) atoms. The van der Waals surface area contributed by atoms with Crippen molar-refractivity contribution >= 4 is 0 Å². The first-order chi connectivity index (χ1) is 28.5. The lowest BCUT2D eigenvalue weighted by atomic mass is 9.74. The lowest BCUT2D eigenvalue weighted by molar-refractivity contribution is -0.146. The Balaban J connectivity index is 0.863. The molecular weight excluding hydrogens is 769 g/mol. The summed E-state index contributed by atoms with van der Waals surface area (Å²) in [7, 11) is 0. The van der Waals surface area contributed by atoms with Crippen LogP contribution in [0.2, 0.25) is 0 Å². The summed E-state index contributed by atoms with van der Waals surface area (Å²) in [5.74, 6) is 0.667. The molecule has 0 aromatic rings. The van der Waals surface area contributed by atoms with Crippen molar-refractivity contribution < 1.29 is 37.9 Å². The molecule has 16 unspecified atom stereocenters. The van der Waals surface area contributed by atoms with Gasteiger partial charge >= 0.3 is 0 Å². The predicted octanol–water partition coefficient (Wildman–Crippen LogP) is 1.57. The zero-order chi connectivity index (χ0) is 40.8. The van der Waals surface area contributed by atoms with E-state index >= 15 is 0 Å². The Morgan fingerprint density at radius 3 is 0.467 bits per heavy atom. The van der Waals surface area contributed by atoms with E-state index in [0.29, 0.717) is 47.3 Å². The summed E-state index contributed by atoms with van der Waals surface area (Å²) in [5.41, 5.74) is 0. The van der Waals surface area contributed by atoms with Gasteiger partial charge in [-0.1, -0.05) is 0 Å². The molecule has 16 heteroatoms. The standard InChI is InChI=1S/C44H72N8O8/c1-41(2)53-25-9-17-18(10-26(25)54-41)34-45-33(17)49-35-19-11-27-29(57-42(3,4)55-27)13-21(19)37(46-35)51-39-23-15-31-32(60-44(7,8)59-31)16-24(23)40(48-39)52-38-22-14-30-28(56-43(5,6)58-30)12-20(22)36(47-38)50-34/h17-40,45-52H,9-16H2,1-8H3. The van der Waals surface area contributed by atoms with Crippen LogP contribution in [0.1, 0.15) is 107 Å². The molecule has 0 aromatic carbocycles. The second kappa shape index (κ2) is 13.5. The Labute approximate surface area is 355 Å². The number of hydrogen-bond donors (Lipinski definition) is 8. The molecule has 9 heterocycles. The van der Waals surface area contributed by atoms with E-state index < -0.39 is 23.1 Å². The fraction of sp³-hybridized carbons (Fsp3) is 1.00. The molecule has 0 amide bonds. The van der Waals surface area contributed by atoms with E-state index in [-0.39, 0.29) is 98.2 Å². The highest BCUT2D eigenvalue weighted by Crippen LogP contribution is 2.52. The van der Waals surface area contributed by atoms with Crippen LogP contribution in [-0.2, 0) is 37.9 Å². The van der Waals surface area contributed by atoms with E-state index in [1.54, 1.807) is 0 Å². The Hall–Kier alpha value is -0.640. The molecule has 0 radical (unpaired) electrons. The molecule has 13 rings (SSSR count). The Morgan fingerprint density at radius 1 is 0.233 bits per heavy atom. The number of hydrogen-bond acceptors (Lipinski definition) is 16. The minimum absolute atomic E-state index is 0.0887. The fourth-order valence-electron chi connectivity index (χ4n) is 15.8. The van der Waals surface area contributed by atoms with E-state index in [1.807, 2.05) is 0 Å². The molecule has 16 nitrogen and oxygen atoms in total. The summed E-state index contributed by atoms with van der Waals surface area (Å²) >= 11 is 0. The molecule has 8 N–H and O–H groups in total. The summed E-state index contributed by atoms with van der Waals surface area (Å²) in [6, 6.07) is 0. The maximum Gasteiger partial charge on any atom is 0.163 e. The van der Waals surface area contributed by atoms with Gasteiger partial charge < -0.3 is 37.9 Å². The van der Waals surface area contributed by atoms with Crippen LogP contribution in [0.25, 0.3) is 0 Å². The van der Waals surface area contributed by atoms with Crippen molar-refractivity contribution in [1.29, 1.82) is 0 Å². The first-order valence-corrected chi connectivity index (χ1v) is 24.0. The molecule has 336 valence electrons. The lowest BCUT2D eigenvalue weighted by Gasteiger charge is -2.39. The van der Waals surface area contributed by atoms with Gasteiger partial charge in [-0.2, -0.15) is 0 Å². The van der Waals surface area contributed by atoms with Gasteiger partial charge in [-0.25, -0.2) is 0 Å². The molecule has 9 saturated heterocycles. The summed E-state index contributed by atoms with van der Waals surface area (Å²) in [6.45, 7) is 16.6. The third-order valence-corrected chi connectivity index (χ3v) is 17.7. The van der Waals surface area contributed by atoms with Crippen molar-refractivity contribution in [3.8, 4) is 0 Å². The van der Waals surface area contributed by atoms with Crippen molar-refractivity contribution in [2.24, 2.45) is 47.3 Å². The fourth-order valence-corrected chi connectivity index (χ4v) is 15.8. The van der Waals surface area contributed by atoms with Gasteiger partial charge in [-0.05, 0) is 154 Å². The van der Waals surface area contributed by atoms with Gasteiger partial charge in [-0.15, -0.1) is 0 Å². The Bertz CT molecular complexity index is 1360. The molecule has 9 aliphatic heterocycles. The van der Waals surface area contributed by atoms with Gasteiger partial charge in [0.15, 0.2) is 23.1 Å². The van der Waals surface area contributed by atoms with Crippen LogP contribution in [0.15, 0.2) is 0 Å². The van der Waals surface area contributed by atoms with Crippen LogP contribution < -0.4 is 42.5 Å². The van der Waals surface area contributed by atoms with E-state index in [9.17, 15) is 0 Å². The van der Waals surface area contributed by atoms with Crippen LogP contribution in [0.3, 0.4) is 0 Å². The largest absolute Gasteiger partial charge is 0.345 e. The van der Waals surface area contributed by atoms with Gasteiger partial charge in [0.2, 0.25) is 0 Å². The number of ether oxygens (including phenoxy) is 8. The SMILES string of the molecule is CC1(C)OC2CC3C4NC(NC5NC(NC6NC(NC7NC(N4)C4CC8OC(C)(C)OC8CC74)C4CC7OC(C)(C)OC7CC64)C4CC6OC(C)(C)OC6CC54)C3CC2O1. The number of rotatable bonds is 0. The zero-order valence-corrected chi connectivity index (χ0v) is 36.8. The molecule has 8 bridgehead atoms. The third kappa shape index (κ3) is 6.51. The van der Waals surface area contributed by atoms with Crippen molar-refractivity contribution in [3.05, 3.63) is 0 Å². The van der Waals surface area contributed by atoms with Crippen molar-refractivity contribution in [1.82, 2.24) is 42.5 Å². The van der Waals surface area contributed by atoms with Gasteiger partial charge in [0, 0.05) is 0 Å². The summed E-state index contributed by atoms with van der Waals surface area (Å²) in [6.07, 6.45) is 9.09. The van der Waals surface area contributed by atoms with Gasteiger partial charge in [0.25, 0.3) is 0 Å². The second-order valence-corrected chi connectivity index (χ2v) is 23.2. The first kappa shape index (κ1) is 39.7. The maximum absolute atomic E-state index is 6.60. The van der Waals surface area contributed by atoms with Crippen LogP contribution in [0.5, 0.6) is 0 Å². The zero-order valence-electron chi connectivity index (χ0n) is 36.8. The number of nitrogens with one attached hydrogen (secondary N) is 8. The van der Waals surface area contributed by atoms with E-state index in [1.165, 1.54) is 0 Å². The summed E-state index contributed by atoms with van der Waals surface area (Å²) < 4.78 is 52.8. The average Bonchev–Trinajstić information content (AvgIpc) is 4.02. The topological polar surface area (TPSA) is 170 Å². The maximum atomic E-state index is 6.60. The minimum Gasteiger partial charge on any atom is -0.345 e. The predicted molar refractivity (Wildman–Crippen MR) is 216 cm³/mol. The Morgan fingerprint density at radius 2 is 0.350 bits per heavy atom. The Kier molecular flexibility index (Phi) is 8.92. The minimum atomic E-state index is -0.567. The smallest absolute Gasteiger partial charge is 0.163 e. The van der Waals surface area contributed by atoms with Gasteiger partial charge in [-0.3, -0.25) is 42.5 Å². The average molecular weight is 841 g/mol. The molecule has 4 aliphatic carbocycles. The molecule has 13 aliphatic rings. The normalized spacial score (nSPS) is 59.6. The highest BCUT2D eigenvalue weighted by Gasteiger charge is 2.62. The third-order valence-electron chi connectivity index (χ3n) is 17.7. The molecule has 0 spiro atoms. The highest BCUT2D eigenvalue weighted by atomic mass is 16.8. The van der Waals surface area contributed by atoms with E-state index in [2.05, 4.69) is 97.9 Å². The highest BCUT2D eigenvalue weighted by molar-refractivity contribution is 5.13. The van der Waals surface area contributed by atoms with Gasteiger partial charge in [0.1, 0.15) is 0 Å². The van der Waals surface area contributed by atoms with Crippen LogP contribution in [0, 0.1) is 47.3 Å². The molecular formula is C44H72N8O8.